The van der Waals surface area contributed by atoms with Crippen molar-refractivity contribution in [2.24, 2.45) is 4.99 Å². The molecular weight excluding hydrogens is 322 g/mol. The summed E-state index contributed by atoms with van der Waals surface area (Å²) >= 11 is 0. The van der Waals surface area contributed by atoms with E-state index in [2.05, 4.69) is 44.5 Å². The lowest BCUT2D eigenvalue weighted by Gasteiger charge is -2.42. The number of nitrogens with zero attached hydrogens (tertiary/aromatic N) is 2. The molecule has 1 aliphatic rings. The van der Waals surface area contributed by atoms with Crippen LogP contribution in [0.2, 0.25) is 0 Å². The Morgan fingerprint density at radius 2 is 1.81 bits per heavy atom. The molecule has 1 amide bonds. The van der Waals surface area contributed by atoms with Gasteiger partial charge in [0, 0.05) is 20.3 Å². The zero-order valence-electron chi connectivity index (χ0n) is 17.7. The fraction of sp³-hybridized carbons (Fsp3) is 0.818. The summed E-state index contributed by atoms with van der Waals surface area (Å²) in [7, 11) is 0. The number of allylic oxidation sites excluding steroid dienone is 2. The van der Waals surface area contributed by atoms with Gasteiger partial charge in [-0.2, -0.15) is 0 Å². The molecule has 0 spiro atoms. The van der Waals surface area contributed by atoms with Gasteiger partial charge in [-0.3, -0.25) is 9.28 Å². The van der Waals surface area contributed by atoms with Gasteiger partial charge in [0.2, 0.25) is 5.91 Å². The Balaban J connectivity index is 2.23. The summed E-state index contributed by atoms with van der Waals surface area (Å²) in [5.41, 5.74) is 0. The van der Waals surface area contributed by atoms with Crippen LogP contribution in [0.4, 0.5) is 0 Å². The number of carbonyl (C=O) groups is 1. The molecule has 0 radical (unpaired) electrons. The Hall–Kier alpha value is -1.16. The first-order valence-electron chi connectivity index (χ1n) is 10.9. The van der Waals surface area contributed by atoms with E-state index in [1.165, 1.54) is 57.8 Å². The van der Waals surface area contributed by atoms with Crippen LogP contribution >= 0.6 is 0 Å². The van der Waals surface area contributed by atoms with Crippen molar-refractivity contribution < 1.29 is 9.28 Å². The van der Waals surface area contributed by atoms with E-state index in [0.717, 1.165) is 24.0 Å². The third kappa shape index (κ3) is 7.61. The van der Waals surface area contributed by atoms with Gasteiger partial charge in [0.25, 0.3) is 0 Å². The van der Waals surface area contributed by atoms with Crippen LogP contribution in [0, 0.1) is 0 Å². The van der Waals surface area contributed by atoms with E-state index < -0.39 is 0 Å². The number of nitrogens with one attached hydrogen (secondary N) is 1. The molecule has 0 aromatic carbocycles. The number of unbranched alkanes of at least 4 members (excludes halogenated alkanes) is 7. The smallest absolute Gasteiger partial charge is 0.221 e. The number of amides is 1. The summed E-state index contributed by atoms with van der Waals surface area (Å²) < 4.78 is 0.872. The quantitative estimate of drug-likeness (QED) is 0.257. The molecule has 150 valence electrons. The van der Waals surface area contributed by atoms with Gasteiger partial charge in [0.05, 0.1) is 12.8 Å². The number of carbonyl (C=O) groups excluding carboxylic acids is 1. The SMILES string of the molecule is CCCCCC/C=C/CCCCCC1N=CC[N+]1(CC)C(C)NC(C)=O. The third-order valence-corrected chi connectivity index (χ3v) is 5.79. The minimum absolute atomic E-state index is 0.0515. The van der Waals surface area contributed by atoms with Crippen LogP contribution in [0.15, 0.2) is 17.1 Å². The standard InChI is InChI=1S/C22H41N3O/c1-5-7-8-9-10-11-12-13-14-15-16-17-22-23-18-19-25(22,6-2)20(3)24-21(4)26/h11-12,18,20,22H,5-10,13-17,19H2,1-4H3/p+1/b12-11+. The minimum atomic E-state index is 0.0515. The third-order valence-electron chi connectivity index (χ3n) is 5.79. The molecule has 3 atom stereocenters. The van der Waals surface area contributed by atoms with E-state index >= 15 is 0 Å². The summed E-state index contributed by atoms with van der Waals surface area (Å²) in [5.74, 6) is 0.0515. The van der Waals surface area contributed by atoms with Crippen molar-refractivity contribution in [3.05, 3.63) is 12.2 Å². The Bertz CT molecular complexity index is 447. The molecule has 1 N–H and O–H groups in total. The van der Waals surface area contributed by atoms with Crippen molar-refractivity contribution >= 4 is 12.1 Å². The average Bonchev–Trinajstić information content (AvgIpc) is 3.03. The van der Waals surface area contributed by atoms with Crippen LogP contribution in [0.1, 0.15) is 91.9 Å². The van der Waals surface area contributed by atoms with Crippen molar-refractivity contribution in [3.63, 3.8) is 0 Å². The van der Waals surface area contributed by atoms with Gasteiger partial charge in [0.15, 0.2) is 12.3 Å². The van der Waals surface area contributed by atoms with E-state index in [-0.39, 0.29) is 12.1 Å². The van der Waals surface area contributed by atoms with Gasteiger partial charge < -0.3 is 5.32 Å². The second kappa shape index (κ2) is 13.1. The average molecular weight is 365 g/mol. The highest BCUT2D eigenvalue weighted by molar-refractivity contribution is 5.73. The molecule has 4 nitrogen and oxygen atoms in total. The highest BCUT2D eigenvalue weighted by atomic mass is 16.1. The number of quaternary nitrogens is 1. The van der Waals surface area contributed by atoms with Crippen LogP contribution in [0.5, 0.6) is 0 Å². The second-order valence-electron chi connectivity index (χ2n) is 7.75. The summed E-state index contributed by atoms with van der Waals surface area (Å²) in [4.78, 5) is 16.2. The maximum Gasteiger partial charge on any atom is 0.221 e. The molecule has 1 aliphatic heterocycles. The molecule has 0 saturated heterocycles. The lowest BCUT2D eigenvalue weighted by Crippen LogP contribution is -2.63. The van der Waals surface area contributed by atoms with Crippen LogP contribution in [0.3, 0.4) is 0 Å². The molecule has 4 heteroatoms. The first-order chi connectivity index (χ1) is 12.6. The van der Waals surface area contributed by atoms with Gasteiger partial charge in [-0.1, -0.05) is 44.8 Å². The zero-order chi connectivity index (χ0) is 19.3. The number of hydrogen-bond donors (Lipinski definition) is 1. The fourth-order valence-corrected chi connectivity index (χ4v) is 4.05. The molecule has 3 unspecified atom stereocenters. The zero-order valence-corrected chi connectivity index (χ0v) is 17.7. The Labute approximate surface area is 161 Å². The van der Waals surface area contributed by atoms with Gasteiger partial charge in [0.1, 0.15) is 6.54 Å². The van der Waals surface area contributed by atoms with Crippen LogP contribution in [-0.2, 0) is 4.79 Å². The molecule has 1 rings (SSSR count). The van der Waals surface area contributed by atoms with Crippen LogP contribution in [0.25, 0.3) is 0 Å². The molecule has 0 fully saturated rings. The maximum atomic E-state index is 11.5. The number of hydrogen-bond acceptors (Lipinski definition) is 2. The predicted molar refractivity (Wildman–Crippen MR) is 112 cm³/mol. The lowest BCUT2D eigenvalue weighted by molar-refractivity contribution is -0.959. The molecule has 0 aromatic rings. The summed E-state index contributed by atoms with van der Waals surface area (Å²) in [6, 6.07) is 0. The van der Waals surface area contributed by atoms with Crippen molar-refractivity contribution in [3.8, 4) is 0 Å². The van der Waals surface area contributed by atoms with Gasteiger partial charge in [-0.25, -0.2) is 4.99 Å². The van der Waals surface area contributed by atoms with E-state index in [1.54, 1.807) is 6.92 Å². The van der Waals surface area contributed by atoms with Crippen LogP contribution in [-0.4, -0.2) is 42.0 Å². The lowest BCUT2D eigenvalue weighted by atomic mass is 10.1. The van der Waals surface area contributed by atoms with Gasteiger partial charge in [-0.05, 0) is 39.0 Å². The summed E-state index contributed by atoms with van der Waals surface area (Å²) in [6.45, 7) is 10.1. The van der Waals surface area contributed by atoms with E-state index in [1.807, 2.05) is 0 Å². The van der Waals surface area contributed by atoms with E-state index in [9.17, 15) is 4.79 Å². The molecule has 0 bridgehead atoms. The minimum Gasteiger partial charge on any atom is -0.307 e. The Morgan fingerprint density at radius 1 is 1.15 bits per heavy atom. The number of rotatable bonds is 14. The van der Waals surface area contributed by atoms with E-state index in [4.69, 9.17) is 4.99 Å². The first kappa shape index (κ1) is 22.9. The molecule has 0 aromatic heterocycles. The molecule has 0 saturated carbocycles. The Kier molecular flexibility index (Phi) is 11.5. The van der Waals surface area contributed by atoms with Gasteiger partial charge >= 0.3 is 0 Å². The first-order valence-corrected chi connectivity index (χ1v) is 10.9. The molecular formula is C22H42N3O+. The Morgan fingerprint density at radius 3 is 2.38 bits per heavy atom. The fourth-order valence-electron chi connectivity index (χ4n) is 4.05. The normalized spacial score (nSPS) is 23.6. The summed E-state index contributed by atoms with van der Waals surface area (Å²) in [6.07, 6.45) is 20.0. The largest absolute Gasteiger partial charge is 0.307 e. The molecule has 1 heterocycles. The predicted octanol–water partition coefficient (Wildman–Crippen LogP) is 5.19. The maximum absolute atomic E-state index is 11.5. The van der Waals surface area contributed by atoms with Gasteiger partial charge in [-0.15, -0.1) is 0 Å². The molecule has 26 heavy (non-hydrogen) atoms. The highest BCUT2D eigenvalue weighted by Crippen LogP contribution is 2.27. The number of aliphatic imine (C=N–C) groups is 1. The second-order valence-corrected chi connectivity index (χ2v) is 7.75. The van der Waals surface area contributed by atoms with Crippen molar-refractivity contribution in [1.82, 2.24) is 5.32 Å². The van der Waals surface area contributed by atoms with E-state index in [0.29, 0.717) is 6.17 Å². The monoisotopic (exact) mass is 364 g/mol. The highest BCUT2D eigenvalue weighted by Gasteiger charge is 2.42. The van der Waals surface area contributed by atoms with Crippen molar-refractivity contribution in [1.29, 1.82) is 0 Å². The topological polar surface area (TPSA) is 41.5 Å². The van der Waals surface area contributed by atoms with Crippen molar-refractivity contribution in [2.45, 2.75) is 104 Å². The van der Waals surface area contributed by atoms with Crippen molar-refractivity contribution in [2.75, 3.05) is 13.1 Å². The van der Waals surface area contributed by atoms with Crippen LogP contribution < -0.4 is 5.32 Å². The summed E-state index contributed by atoms with van der Waals surface area (Å²) in [5, 5.41) is 3.09. The molecule has 0 aliphatic carbocycles.